The Morgan fingerprint density at radius 2 is 1.90 bits per heavy atom. The lowest BCUT2D eigenvalue weighted by Crippen LogP contribution is -2.10. The van der Waals surface area contributed by atoms with Crippen LogP contribution in [0.15, 0.2) is 36.4 Å². The molecule has 0 saturated heterocycles. The first-order chi connectivity index (χ1) is 10.0. The van der Waals surface area contributed by atoms with Crippen molar-refractivity contribution in [3.05, 3.63) is 57.1 Å². The molecule has 6 nitrogen and oxygen atoms in total. The summed E-state index contributed by atoms with van der Waals surface area (Å²) >= 11 is 5.85. The Hall–Kier alpha value is -2.34. The van der Waals surface area contributed by atoms with Gasteiger partial charge in [-0.2, -0.15) is 0 Å². The molecule has 7 heteroatoms. The predicted octanol–water partition coefficient (Wildman–Crippen LogP) is 3.86. The fourth-order valence-electron chi connectivity index (χ4n) is 1.88. The number of nitrogens with zero attached hydrogens (tertiary/aromatic N) is 2. The van der Waals surface area contributed by atoms with Gasteiger partial charge in [0.1, 0.15) is 5.82 Å². The maximum atomic E-state index is 11.1. The normalized spacial score (nSPS) is 11.8. The summed E-state index contributed by atoms with van der Waals surface area (Å²) in [6, 6.07) is 10.1. The summed E-state index contributed by atoms with van der Waals surface area (Å²) < 4.78 is 0. The van der Waals surface area contributed by atoms with E-state index in [4.69, 9.17) is 11.6 Å². The molecule has 0 amide bonds. The van der Waals surface area contributed by atoms with E-state index in [2.05, 4.69) is 15.6 Å². The summed E-state index contributed by atoms with van der Waals surface area (Å²) in [6.07, 6.45) is 0. The van der Waals surface area contributed by atoms with Crippen LogP contribution in [0.3, 0.4) is 0 Å². The van der Waals surface area contributed by atoms with Crippen molar-refractivity contribution in [1.29, 1.82) is 0 Å². The van der Waals surface area contributed by atoms with Gasteiger partial charge in [-0.25, -0.2) is 4.98 Å². The van der Waals surface area contributed by atoms with Gasteiger partial charge in [0.25, 0.3) is 0 Å². The SMILES string of the molecule is CNc1ccc([N+](=O)[O-])c(NC(C)c2ccc(Cl)cc2)n1. The Kier molecular flexibility index (Phi) is 4.59. The molecule has 0 radical (unpaired) electrons. The highest BCUT2D eigenvalue weighted by atomic mass is 35.5. The fraction of sp³-hybridized carbons (Fsp3) is 0.214. The molecule has 0 aliphatic carbocycles. The first kappa shape index (κ1) is 15.1. The number of nitro groups is 1. The van der Waals surface area contributed by atoms with Crippen molar-refractivity contribution in [2.24, 2.45) is 0 Å². The minimum atomic E-state index is -0.455. The van der Waals surface area contributed by atoms with Gasteiger partial charge in [0.2, 0.25) is 5.82 Å². The second-order valence-electron chi connectivity index (χ2n) is 4.49. The van der Waals surface area contributed by atoms with E-state index < -0.39 is 4.92 Å². The summed E-state index contributed by atoms with van der Waals surface area (Å²) in [5.74, 6) is 0.792. The van der Waals surface area contributed by atoms with Gasteiger partial charge in [-0.15, -0.1) is 0 Å². The molecule has 1 aromatic heterocycles. The maximum Gasteiger partial charge on any atom is 0.311 e. The topological polar surface area (TPSA) is 80.1 Å². The van der Waals surface area contributed by atoms with Crippen LogP contribution in [-0.4, -0.2) is 17.0 Å². The summed E-state index contributed by atoms with van der Waals surface area (Å²) in [7, 11) is 1.71. The first-order valence-corrected chi connectivity index (χ1v) is 6.74. The van der Waals surface area contributed by atoms with Crippen molar-refractivity contribution in [3.63, 3.8) is 0 Å². The Morgan fingerprint density at radius 3 is 2.48 bits per heavy atom. The van der Waals surface area contributed by atoms with E-state index in [1.807, 2.05) is 19.1 Å². The third kappa shape index (κ3) is 3.61. The van der Waals surface area contributed by atoms with Gasteiger partial charge in [-0.3, -0.25) is 10.1 Å². The molecule has 2 aromatic rings. The van der Waals surface area contributed by atoms with E-state index in [-0.39, 0.29) is 17.5 Å². The van der Waals surface area contributed by atoms with Gasteiger partial charge >= 0.3 is 5.69 Å². The zero-order valence-electron chi connectivity index (χ0n) is 11.6. The Morgan fingerprint density at radius 1 is 1.24 bits per heavy atom. The van der Waals surface area contributed by atoms with Crippen LogP contribution in [0, 0.1) is 10.1 Å². The van der Waals surface area contributed by atoms with E-state index in [1.165, 1.54) is 6.07 Å². The number of benzene rings is 1. The van der Waals surface area contributed by atoms with Crippen LogP contribution < -0.4 is 10.6 Å². The number of aromatic nitrogens is 1. The molecule has 110 valence electrons. The predicted molar refractivity (Wildman–Crippen MR) is 83.9 cm³/mol. The van der Waals surface area contributed by atoms with Crippen LogP contribution in [0.1, 0.15) is 18.5 Å². The van der Waals surface area contributed by atoms with Crippen molar-refractivity contribution < 1.29 is 4.92 Å². The summed E-state index contributed by atoms with van der Waals surface area (Å²) in [5.41, 5.74) is 0.903. The zero-order chi connectivity index (χ0) is 15.4. The Labute approximate surface area is 127 Å². The van der Waals surface area contributed by atoms with Gasteiger partial charge in [0, 0.05) is 18.1 Å². The van der Waals surface area contributed by atoms with E-state index in [0.29, 0.717) is 10.8 Å². The molecular formula is C14H15ClN4O2. The molecule has 2 N–H and O–H groups in total. The van der Waals surface area contributed by atoms with Gasteiger partial charge in [-0.1, -0.05) is 23.7 Å². The van der Waals surface area contributed by atoms with E-state index in [1.54, 1.807) is 25.2 Å². The molecule has 0 fully saturated rings. The van der Waals surface area contributed by atoms with Crippen molar-refractivity contribution in [1.82, 2.24) is 4.98 Å². The average molecular weight is 307 g/mol. The van der Waals surface area contributed by atoms with Crippen molar-refractivity contribution in [2.45, 2.75) is 13.0 Å². The highest BCUT2D eigenvalue weighted by Crippen LogP contribution is 2.28. The van der Waals surface area contributed by atoms with Crippen LogP contribution in [0.2, 0.25) is 5.02 Å². The lowest BCUT2D eigenvalue weighted by atomic mass is 10.1. The molecule has 0 aliphatic rings. The molecule has 0 bridgehead atoms. The number of hydrogen-bond donors (Lipinski definition) is 2. The van der Waals surface area contributed by atoms with Crippen LogP contribution >= 0.6 is 11.6 Å². The highest BCUT2D eigenvalue weighted by Gasteiger charge is 2.18. The second kappa shape index (κ2) is 6.41. The largest absolute Gasteiger partial charge is 0.373 e. The van der Waals surface area contributed by atoms with Gasteiger partial charge in [-0.05, 0) is 30.7 Å². The molecule has 0 aliphatic heterocycles. The molecule has 1 aromatic carbocycles. The number of halogens is 1. The third-order valence-corrected chi connectivity index (χ3v) is 3.30. The smallest absolute Gasteiger partial charge is 0.311 e. The number of pyridine rings is 1. The van der Waals surface area contributed by atoms with Crippen LogP contribution in [-0.2, 0) is 0 Å². The van der Waals surface area contributed by atoms with Crippen LogP contribution in [0.4, 0.5) is 17.3 Å². The number of nitrogens with one attached hydrogen (secondary N) is 2. The van der Waals surface area contributed by atoms with Crippen LogP contribution in [0.25, 0.3) is 0 Å². The average Bonchev–Trinajstić information content (AvgIpc) is 2.47. The lowest BCUT2D eigenvalue weighted by Gasteiger charge is -2.15. The van der Waals surface area contributed by atoms with Gasteiger partial charge < -0.3 is 10.6 Å². The van der Waals surface area contributed by atoms with Gasteiger partial charge in [0.05, 0.1) is 11.0 Å². The third-order valence-electron chi connectivity index (χ3n) is 3.05. The van der Waals surface area contributed by atoms with Crippen molar-refractivity contribution in [3.8, 4) is 0 Å². The summed E-state index contributed by atoms with van der Waals surface area (Å²) in [5, 5.41) is 17.6. The van der Waals surface area contributed by atoms with E-state index >= 15 is 0 Å². The number of rotatable bonds is 5. The molecule has 1 atom stereocenters. The number of hydrogen-bond acceptors (Lipinski definition) is 5. The molecule has 2 rings (SSSR count). The van der Waals surface area contributed by atoms with Crippen LogP contribution in [0.5, 0.6) is 0 Å². The summed E-state index contributed by atoms with van der Waals surface area (Å²) in [4.78, 5) is 14.8. The fourth-order valence-corrected chi connectivity index (χ4v) is 2.01. The number of anilines is 2. The summed E-state index contributed by atoms with van der Waals surface area (Å²) in [6.45, 7) is 1.90. The van der Waals surface area contributed by atoms with Crippen molar-refractivity contribution >= 4 is 28.9 Å². The zero-order valence-corrected chi connectivity index (χ0v) is 12.4. The van der Waals surface area contributed by atoms with E-state index in [0.717, 1.165) is 5.56 Å². The molecule has 1 unspecified atom stereocenters. The Bertz CT molecular complexity index is 646. The molecule has 21 heavy (non-hydrogen) atoms. The van der Waals surface area contributed by atoms with E-state index in [9.17, 15) is 10.1 Å². The first-order valence-electron chi connectivity index (χ1n) is 6.36. The minimum Gasteiger partial charge on any atom is -0.373 e. The molecular weight excluding hydrogens is 292 g/mol. The quantitative estimate of drug-likeness (QED) is 0.647. The van der Waals surface area contributed by atoms with Crippen molar-refractivity contribution in [2.75, 3.05) is 17.7 Å². The minimum absolute atomic E-state index is 0.0604. The second-order valence-corrected chi connectivity index (χ2v) is 4.93. The monoisotopic (exact) mass is 306 g/mol. The lowest BCUT2D eigenvalue weighted by molar-refractivity contribution is -0.384. The molecule has 0 saturated carbocycles. The maximum absolute atomic E-state index is 11.1. The molecule has 1 heterocycles. The Balaban J connectivity index is 2.28. The highest BCUT2D eigenvalue weighted by molar-refractivity contribution is 6.30. The molecule has 0 spiro atoms. The standard InChI is InChI=1S/C14H15ClN4O2/c1-9(10-3-5-11(15)6-4-10)17-14-12(19(20)21)7-8-13(16-2)18-14/h3-9H,1-2H3,(H2,16,17,18). The van der Waals surface area contributed by atoms with Gasteiger partial charge in [0.15, 0.2) is 0 Å².